The van der Waals surface area contributed by atoms with E-state index in [9.17, 15) is 0 Å². The predicted octanol–water partition coefficient (Wildman–Crippen LogP) is 2.51. The lowest BCUT2D eigenvalue weighted by atomic mass is 9.92. The van der Waals surface area contributed by atoms with Crippen LogP contribution in [0.25, 0.3) is 5.69 Å². The molecule has 5 nitrogen and oxygen atoms in total. The van der Waals surface area contributed by atoms with Gasteiger partial charge in [-0.15, -0.1) is 5.10 Å². The third kappa shape index (κ3) is 3.55. The smallest absolute Gasteiger partial charge is 0.143 e. The van der Waals surface area contributed by atoms with E-state index in [0.717, 1.165) is 24.3 Å². The summed E-state index contributed by atoms with van der Waals surface area (Å²) in [6, 6.07) is 8.07. The second kappa shape index (κ2) is 5.16. The minimum atomic E-state index is 0.348. The molecule has 0 aliphatic heterocycles. The summed E-state index contributed by atoms with van der Waals surface area (Å²) in [6.07, 6.45) is 2.72. The van der Waals surface area contributed by atoms with Crippen LogP contribution < -0.4 is 5.32 Å². The Balaban J connectivity index is 2.00. The average Bonchev–Trinajstić information content (AvgIpc) is 2.81. The minimum Gasteiger partial charge on any atom is -0.385 e. The number of anilines is 1. The Morgan fingerprint density at radius 3 is 2.78 bits per heavy atom. The van der Waals surface area contributed by atoms with Crippen molar-refractivity contribution in [3.8, 4) is 5.69 Å². The normalized spacial score (nSPS) is 11.5. The molecule has 0 bridgehead atoms. The van der Waals surface area contributed by atoms with Gasteiger partial charge in [-0.2, -0.15) is 0 Å². The molecule has 1 N–H and O–H groups in total. The monoisotopic (exact) mass is 245 g/mol. The maximum atomic E-state index is 3.87. The zero-order chi connectivity index (χ0) is 13.0. The number of nitrogens with zero attached hydrogens (tertiary/aromatic N) is 4. The molecule has 0 aliphatic rings. The van der Waals surface area contributed by atoms with Crippen LogP contribution in [0.1, 0.15) is 27.2 Å². The zero-order valence-electron chi connectivity index (χ0n) is 11.1. The van der Waals surface area contributed by atoms with Crippen LogP contribution in [0, 0.1) is 5.41 Å². The van der Waals surface area contributed by atoms with Crippen molar-refractivity contribution in [3.05, 3.63) is 30.6 Å². The van der Waals surface area contributed by atoms with Crippen LogP contribution in [0.3, 0.4) is 0 Å². The van der Waals surface area contributed by atoms with Gasteiger partial charge in [0.15, 0.2) is 0 Å². The Morgan fingerprint density at radius 1 is 1.28 bits per heavy atom. The first-order chi connectivity index (χ1) is 8.54. The maximum Gasteiger partial charge on any atom is 0.143 e. The first-order valence-corrected chi connectivity index (χ1v) is 6.12. The van der Waals surface area contributed by atoms with Crippen LogP contribution in [-0.4, -0.2) is 26.8 Å². The summed E-state index contributed by atoms with van der Waals surface area (Å²) >= 11 is 0. The number of aromatic nitrogens is 4. The number of rotatable bonds is 4. The van der Waals surface area contributed by atoms with Crippen molar-refractivity contribution in [3.63, 3.8) is 0 Å². The molecule has 0 amide bonds. The fraction of sp³-hybridized carbons (Fsp3) is 0.462. The van der Waals surface area contributed by atoms with E-state index in [-0.39, 0.29) is 0 Å². The van der Waals surface area contributed by atoms with Crippen LogP contribution in [-0.2, 0) is 0 Å². The maximum absolute atomic E-state index is 3.87. The largest absolute Gasteiger partial charge is 0.385 e. The van der Waals surface area contributed by atoms with Crippen molar-refractivity contribution in [2.45, 2.75) is 27.2 Å². The lowest BCUT2D eigenvalue weighted by Crippen LogP contribution is -2.12. The molecule has 0 saturated carbocycles. The number of nitrogens with one attached hydrogen (secondary N) is 1. The van der Waals surface area contributed by atoms with E-state index in [0.29, 0.717) is 5.41 Å². The molecule has 0 spiro atoms. The third-order valence-corrected chi connectivity index (χ3v) is 2.66. The van der Waals surface area contributed by atoms with Crippen molar-refractivity contribution in [1.29, 1.82) is 0 Å². The summed E-state index contributed by atoms with van der Waals surface area (Å²) in [5.41, 5.74) is 2.40. The van der Waals surface area contributed by atoms with E-state index >= 15 is 0 Å². The summed E-state index contributed by atoms with van der Waals surface area (Å²) in [7, 11) is 0. The summed E-state index contributed by atoms with van der Waals surface area (Å²) in [5.74, 6) is 0. The Hall–Kier alpha value is -1.91. The molecular formula is C13H19N5. The predicted molar refractivity (Wildman–Crippen MR) is 71.7 cm³/mol. The van der Waals surface area contributed by atoms with Gasteiger partial charge in [0.1, 0.15) is 6.33 Å². The Bertz CT molecular complexity index is 484. The van der Waals surface area contributed by atoms with Gasteiger partial charge in [-0.25, -0.2) is 4.68 Å². The van der Waals surface area contributed by atoms with Gasteiger partial charge in [-0.1, -0.05) is 26.8 Å². The molecule has 0 unspecified atom stereocenters. The fourth-order valence-electron chi connectivity index (χ4n) is 1.62. The molecule has 5 heteroatoms. The van der Waals surface area contributed by atoms with Crippen molar-refractivity contribution >= 4 is 5.69 Å². The number of benzene rings is 1. The van der Waals surface area contributed by atoms with Gasteiger partial charge in [-0.3, -0.25) is 0 Å². The number of tetrazole rings is 1. The topological polar surface area (TPSA) is 55.6 Å². The van der Waals surface area contributed by atoms with Crippen LogP contribution in [0.5, 0.6) is 0 Å². The average molecular weight is 245 g/mol. The zero-order valence-corrected chi connectivity index (χ0v) is 11.1. The van der Waals surface area contributed by atoms with E-state index in [1.165, 1.54) is 0 Å². The first-order valence-electron chi connectivity index (χ1n) is 6.12. The highest BCUT2D eigenvalue weighted by atomic mass is 15.5. The molecule has 0 aliphatic carbocycles. The van der Waals surface area contributed by atoms with Crippen LogP contribution in [0.15, 0.2) is 30.6 Å². The van der Waals surface area contributed by atoms with Gasteiger partial charge in [0.2, 0.25) is 0 Å². The molecule has 0 fully saturated rings. The highest BCUT2D eigenvalue weighted by molar-refractivity contribution is 5.50. The van der Waals surface area contributed by atoms with Crippen LogP contribution in [0.4, 0.5) is 5.69 Å². The SMILES string of the molecule is CC(C)(C)CCNc1cccc(-n2cnnn2)c1. The van der Waals surface area contributed by atoms with E-state index in [1.54, 1.807) is 11.0 Å². The number of hydrogen-bond acceptors (Lipinski definition) is 4. The van der Waals surface area contributed by atoms with Gasteiger partial charge in [0.05, 0.1) is 5.69 Å². The van der Waals surface area contributed by atoms with Crippen LogP contribution >= 0.6 is 0 Å². The van der Waals surface area contributed by atoms with E-state index < -0.39 is 0 Å². The van der Waals surface area contributed by atoms with E-state index in [1.807, 2.05) is 18.2 Å². The highest BCUT2D eigenvalue weighted by Gasteiger charge is 2.09. The summed E-state index contributed by atoms with van der Waals surface area (Å²) in [5, 5.41) is 14.6. The van der Waals surface area contributed by atoms with Gasteiger partial charge in [0, 0.05) is 12.2 Å². The van der Waals surface area contributed by atoms with Crippen molar-refractivity contribution in [2.24, 2.45) is 5.41 Å². The molecule has 1 aromatic carbocycles. The third-order valence-electron chi connectivity index (χ3n) is 2.66. The van der Waals surface area contributed by atoms with Gasteiger partial charge < -0.3 is 5.32 Å². The highest BCUT2D eigenvalue weighted by Crippen LogP contribution is 2.19. The first kappa shape index (κ1) is 12.5. The molecule has 0 atom stereocenters. The quantitative estimate of drug-likeness (QED) is 0.899. The van der Waals surface area contributed by atoms with E-state index in [2.05, 4.69) is 47.7 Å². The molecule has 2 aromatic rings. The molecule has 0 saturated heterocycles. The molecule has 18 heavy (non-hydrogen) atoms. The molecule has 1 heterocycles. The Labute approximate surface area is 107 Å². The van der Waals surface area contributed by atoms with Gasteiger partial charge in [0.25, 0.3) is 0 Å². The second-order valence-corrected chi connectivity index (χ2v) is 5.54. The summed E-state index contributed by atoms with van der Waals surface area (Å²) < 4.78 is 1.65. The van der Waals surface area contributed by atoms with Crippen molar-refractivity contribution in [1.82, 2.24) is 20.2 Å². The fourth-order valence-corrected chi connectivity index (χ4v) is 1.62. The molecule has 2 rings (SSSR count). The summed E-state index contributed by atoms with van der Waals surface area (Å²) in [4.78, 5) is 0. The second-order valence-electron chi connectivity index (χ2n) is 5.54. The lowest BCUT2D eigenvalue weighted by molar-refractivity contribution is 0.390. The molecule has 96 valence electrons. The van der Waals surface area contributed by atoms with E-state index in [4.69, 9.17) is 0 Å². The summed E-state index contributed by atoms with van der Waals surface area (Å²) in [6.45, 7) is 7.69. The van der Waals surface area contributed by atoms with Crippen LogP contribution in [0.2, 0.25) is 0 Å². The van der Waals surface area contributed by atoms with Crippen molar-refractivity contribution < 1.29 is 0 Å². The number of hydrogen-bond donors (Lipinski definition) is 1. The molecule has 0 radical (unpaired) electrons. The lowest BCUT2D eigenvalue weighted by Gasteiger charge is -2.18. The molecular weight excluding hydrogens is 226 g/mol. The standard InChI is InChI=1S/C13H19N5/c1-13(2,3)7-8-14-11-5-4-6-12(9-11)18-10-15-16-17-18/h4-6,9-10,14H,7-8H2,1-3H3. The van der Waals surface area contributed by atoms with Crippen molar-refractivity contribution in [2.75, 3.05) is 11.9 Å². The van der Waals surface area contributed by atoms with Gasteiger partial charge in [-0.05, 0) is 40.5 Å². The van der Waals surface area contributed by atoms with Gasteiger partial charge >= 0.3 is 0 Å². The molecule has 1 aromatic heterocycles. The Kier molecular flexibility index (Phi) is 3.60. The Morgan fingerprint density at radius 2 is 2.11 bits per heavy atom. The minimum absolute atomic E-state index is 0.348.